The van der Waals surface area contributed by atoms with Crippen LogP contribution in [0.4, 0.5) is 17.6 Å². The van der Waals surface area contributed by atoms with Gasteiger partial charge in [0.15, 0.2) is 12.6 Å². The average Bonchev–Trinajstić information content (AvgIpc) is 2.37. The van der Waals surface area contributed by atoms with Gasteiger partial charge in [-0.3, -0.25) is 20.3 Å². The molecule has 0 aromatic carbocycles. The third kappa shape index (κ3) is 11.5. The van der Waals surface area contributed by atoms with Crippen molar-refractivity contribution in [2.75, 3.05) is 26.2 Å². The fourth-order valence-corrected chi connectivity index (χ4v) is 1.82. The zero-order chi connectivity index (χ0) is 14.8. The van der Waals surface area contributed by atoms with Gasteiger partial charge in [0.2, 0.25) is 0 Å². The molecule has 0 aromatic rings. The molecule has 1 aliphatic rings. The maximum Gasteiger partial charge on any atom is 0.152 e. The maximum absolute atomic E-state index is 13.3. The number of hydrogen-bond acceptors (Lipinski definition) is 3. The Morgan fingerprint density at radius 2 is 1.10 bits per heavy atom. The Hall–Kier alpha value is 0.274. The van der Waals surface area contributed by atoms with Crippen molar-refractivity contribution in [3.05, 3.63) is 5.32 Å². The second kappa shape index (κ2) is 12.8. The van der Waals surface area contributed by atoms with Crippen LogP contribution in [0.5, 0.6) is 0 Å². The molecule has 124 valence electrons. The van der Waals surface area contributed by atoms with Gasteiger partial charge in [0, 0.05) is 53.9 Å². The van der Waals surface area contributed by atoms with Crippen LogP contribution in [-0.4, -0.2) is 51.4 Å². The molecule has 4 atom stereocenters. The molecule has 0 bridgehead atoms. The van der Waals surface area contributed by atoms with Gasteiger partial charge in [0.05, 0.1) is 0 Å². The summed E-state index contributed by atoms with van der Waals surface area (Å²) in [6, 6.07) is 0. The number of halogens is 4. The van der Waals surface area contributed by atoms with Gasteiger partial charge in [0.25, 0.3) is 0 Å². The average molecular weight is 347 g/mol. The SMILES string of the molecule is FC1CCNC(F)CCNC(F)CCNC(F)CC[N-]1.[Ti]. The largest absolute Gasteiger partial charge is 0.632 e. The molecular weight excluding hydrogens is 324 g/mol. The molecule has 0 spiro atoms. The molecular formula is C12H23F4N4Ti-. The second-order valence-corrected chi connectivity index (χ2v) is 4.76. The molecule has 0 amide bonds. The van der Waals surface area contributed by atoms with Gasteiger partial charge in [-0.25, -0.2) is 13.2 Å². The topological polar surface area (TPSA) is 50.2 Å². The summed E-state index contributed by atoms with van der Waals surface area (Å²) in [6.45, 7) is 0.511. The molecule has 3 N–H and O–H groups in total. The Balaban J connectivity index is 0.00000400. The maximum atomic E-state index is 13.3. The number of hydrogen-bond donors (Lipinski definition) is 3. The minimum absolute atomic E-state index is 0. The Bertz CT molecular complexity index is 189. The molecule has 21 heavy (non-hydrogen) atoms. The predicted molar refractivity (Wildman–Crippen MR) is 70.3 cm³/mol. The molecule has 4 nitrogen and oxygen atoms in total. The van der Waals surface area contributed by atoms with Crippen molar-refractivity contribution in [1.82, 2.24) is 16.0 Å². The third-order valence-corrected chi connectivity index (χ3v) is 2.99. The summed E-state index contributed by atoms with van der Waals surface area (Å²) in [4.78, 5) is 0. The molecule has 0 radical (unpaired) electrons. The van der Waals surface area contributed by atoms with E-state index in [9.17, 15) is 17.6 Å². The molecule has 1 heterocycles. The van der Waals surface area contributed by atoms with Gasteiger partial charge in [-0.1, -0.05) is 0 Å². The zero-order valence-electron chi connectivity index (χ0n) is 11.9. The van der Waals surface area contributed by atoms with E-state index in [1.165, 1.54) is 0 Å². The van der Waals surface area contributed by atoms with E-state index in [-0.39, 0.29) is 73.6 Å². The molecule has 1 rings (SSSR count). The Morgan fingerprint density at radius 3 is 1.62 bits per heavy atom. The van der Waals surface area contributed by atoms with Crippen LogP contribution < -0.4 is 16.0 Å². The van der Waals surface area contributed by atoms with Crippen molar-refractivity contribution in [2.45, 2.75) is 50.9 Å². The first-order valence-electron chi connectivity index (χ1n) is 7.01. The molecule has 1 fully saturated rings. The second-order valence-electron chi connectivity index (χ2n) is 4.76. The summed E-state index contributed by atoms with van der Waals surface area (Å²) in [5.74, 6) is 0. The van der Waals surface area contributed by atoms with Crippen molar-refractivity contribution >= 4 is 0 Å². The van der Waals surface area contributed by atoms with Gasteiger partial charge >= 0.3 is 0 Å². The van der Waals surface area contributed by atoms with E-state index in [1.807, 2.05) is 0 Å². The normalized spacial score (nSPS) is 34.9. The summed E-state index contributed by atoms with van der Waals surface area (Å²) in [6.07, 6.45) is -5.06. The summed E-state index contributed by atoms with van der Waals surface area (Å²) >= 11 is 0. The van der Waals surface area contributed by atoms with Crippen molar-refractivity contribution < 1.29 is 39.3 Å². The van der Waals surface area contributed by atoms with E-state index in [1.54, 1.807) is 0 Å². The van der Waals surface area contributed by atoms with Gasteiger partial charge < -0.3 is 5.32 Å². The molecule has 1 saturated heterocycles. The van der Waals surface area contributed by atoms with E-state index in [4.69, 9.17) is 0 Å². The fourth-order valence-electron chi connectivity index (χ4n) is 1.82. The summed E-state index contributed by atoms with van der Waals surface area (Å²) in [7, 11) is 0. The van der Waals surface area contributed by atoms with Crippen molar-refractivity contribution in [3.63, 3.8) is 0 Å². The van der Waals surface area contributed by atoms with Gasteiger partial charge in [0.1, 0.15) is 6.30 Å². The van der Waals surface area contributed by atoms with E-state index >= 15 is 0 Å². The van der Waals surface area contributed by atoms with Gasteiger partial charge in [-0.05, 0) is 19.4 Å². The van der Waals surface area contributed by atoms with E-state index in [0.29, 0.717) is 0 Å². The first-order valence-corrected chi connectivity index (χ1v) is 7.01. The van der Waals surface area contributed by atoms with E-state index in [0.717, 1.165) is 0 Å². The third-order valence-electron chi connectivity index (χ3n) is 2.99. The number of rotatable bonds is 0. The van der Waals surface area contributed by atoms with Crippen molar-refractivity contribution in [1.29, 1.82) is 0 Å². The van der Waals surface area contributed by atoms with E-state index in [2.05, 4.69) is 21.3 Å². The van der Waals surface area contributed by atoms with Crippen molar-refractivity contribution in [2.24, 2.45) is 0 Å². The first kappa shape index (κ1) is 21.3. The molecule has 0 aromatic heterocycles. The van der Waals surface area contributed by atoms with Crippen molar-refractivity contribution in [3.8, 4) is 0 Å². The number of nitrogens with one attached hydrogen (secondary N) is 3. The molecule has 9 heteroatoms. The smallest absolute Gasteiger partial charge is 0.152 e. The van der Waals surface area contributed by atoms with Crippen LogP contribution >= 0.6 is 0 Å². The minimum Gasteiger partial charge on any atom is -0.632 e. The van der Waals surface area contributed by atoms with E-state index < -0.39 is 25.2 Å². The molecule has 0 saturated carbocycles. The fraction of sp³-hybridized carbons (Fsp3) is 1.00. The first-order chi connectivity index (χ1) is 9.58. The molecule has 1 aliphatic heterocycles. The van der Waals surface area contributed by atoms with Crippen LogP contribution in [0, 0.1) is 0 Å². The molecule has 4 unspecified atom stereocenters. The number of nitrogens with zero attached hydrogens (tertiary/aromatic N) is 1. The minimum atomic E-state index is -1.41. The Morgan fingerprint density at radius 1 is 0.667 bits per heavy atom. The van der Waals surface area contributed by atoms with Crippen LogP contribution in [0.1, 0.15) is 25.7 Å². The van der Waals surface area contributed by atoms with Crippen LogP contribution in [-0.2, 0) is 21.7 Å². The quantitative estimate of drug-likeness (QED) is 0.356. The van der Waals surface area contributed by atoms with Crippen LogP contribution in [0.25, 0.3) is 5.32 Å². The van der Waals surface area contributed by atoms with Crippen LogP contribution in [0.2, 0.25) is 0 Å². The van der Waals surface area contributed by atoms with Crippen LogP contribution in [0.3, 0.4) is 0 Å². The standard InChI is InChI=1S/C12H23F4N4.Ti/c13-9-1-5-17-10(14)3-7-19-12(16)4-8-20-11(15)2-6-18-9;/h9-12,17-19H,1-8H2;/q-1;. The summed E-state index contributed by atoms with van der Waals surface area (Å²) in [5.41, 5.74) is 0. The number of alkyl halides is 4. The van der Waals surface area contributed by atoms with Gasteiger partial charge in [-0.15, -0.1) is 6.54 Å². The predicted octanol–water partition coefficient (Wildman–Crippen LogP) is 1.88. The Kier molecular flexibility index (Phi) is 12.9. The van der Waals surface area contributed by atoms with Gasteiger partial charge in [-0.2, -0.15) is 0 Å². The zero-order valence-corrected chi connectivity index (χ0v) is 13.5. The van der Waals surface area contributed by atoms with Crippen LogP contribution in [0.15, 0.2) is 0 Å². The molecule has 0 aliphatic carbocycles. The summed E-state index contributed by atoms with van der Waals surface area (Å²) in [5, 5.41) is 11.2. The summed E-state index contributed by atoms with van der Waals surface area (Å²) < 4.78 is 53.2. The Labute approximate surface area is 138 Å². The monoisotopic (exact) mass is 347 g/mol.